The van der Waals surface area contributed by atoms with Crippen molar-refractivity contribution in [3.05, 3.63) is 95.9 Å². The number of aromatic amines is 1. The molecule has 0 atom stereocenters. The van der Waals surface area contributed by atoms with Gasteiger partial charge in [0.25, 0.3) is 0 Å². The van der Waals surface area contributed by atoms with Crippen LogP contribution < -0.4 is 26.3 Å². The van der Waals surface area contributed by atoms with Crippen molar-refractivity contribution >= 4 is 10.9 Å². The number of halogens is 1. The molecule has 0 fully saturated rings. The first-order valence-electron chi connectivity index (χ1n) is 8.48. The van der Waals surface area contributed by atoms with Gasteiger partial charge < -0.3 is 26.7 Å². The van der Waals surface area contributed by atoms with Gasteiger partial charge in [-0.05, 0) is 29.8 Å². The molecule has 4 aromatic rings. The second-order valence-corrected chi connectivity index (χ2v) is 6.27. The van der Waals surface area contributed by atoms with Gasteiger partial charge in [0.05, 0.1) is 7.11 Å². The zero-order valence-electron chi connectivity index (χ0n) is 14.7. The smallest absolute Gasteiger partial charge is 0.173 e. The molecule has 0 saturated heterocycles. The van der Waals surface area contributed by atoms with Gasteiger partial charge in [-0.25, -0.2) is 4.57 Å². The van der Waals surface area contributed by atoms with Crippen LogP contribution in [0.1, 0.15) is 16.7 Å². The molecule has 26 heavy (non-hydrogen) atoms. The van der Waals surface area contributed by atoms with E-state index in [2.05, 4.69) is 82.7 Å². The Morgan fingerprint density at radius 1 is 0.962 bits per heavy atom. The van der Waals surface area contributed by atoms with Crippen molar-refractivity contribution in [2.24, 2.45) is 0 Å². The summed E-state index contributed by atoms with van der Waals surface area (Å²) in [6.07, 6.45) is 7.34. The number of ether oxygens (including phenoxy) is 1. The first-order chi connectivity index (χ1) is 12.3. The largest absolute Gasteiger partial charge is 1.00 e. The standard InChI is InChI=1S/C22H21N2O.BrH/c1-25-20-9-10-22-21(13-20)19(14-23-22)12-18-8-5-11-24(16-18)15-17-6-3-2-4-7-17;/h2-11,13-14,16,23H,12,15H2,1H3;1H/q+1;/p-1. The van der Waals surface area contributed by atoms with Gasteiger partial charge in [0.2, 0.25) is 0 Å². The lowest BCUT2D eigenvalue weighted by Crippen LogP contribution is -3.00. The molecule has 132 valence electrons. The fourth-order valence-corrected chi connectivity index (χ4v) is 3.22. The van der Waals surface area contributed by atoms with Crippen LogP contribution in [0.25, 0.3) is 10.9 Å². The van der Waals surface area contributed by atoms with Crippen LogP contribution in [0, 0.1) is 0 Å². The third kappa shape index (κ3) is 3.97. The summed E-state index contributed by atoms with van der Waals surface area (Å²) in [5, 5.41) is 1.22. The summed E-state index contributed by atoms with van der Waals surface area (Å²) in [7, 11) is 1.71. The predicted octanol–water partition coefficient (Wildman–Crippen LogP) is 1.11. The highest BCUT2D eigenvalue weighted by Crippen LogP contribution is 2.25. The molecule has 0 amide bonds. The maximum absolute atomic E-state index is 5.36. The zero-order valence-corrected chi connectivity index (χ0v) is 16.2. The number of fused-ring (bicyclic) bond motifs is 1. The lowest BCUT2D eigenvalue weighted by atomic mass is 10.1. The fraction of sp³-hybridized carbons (Fsp3) is 0.136. The molecule has 0 aliphatic heterocycles. The highest BCUT2D eigenvalue weighted by atomic mass is 79.9. The molecule has 1 N–H and O–H groups in total. The number of benzene rings is 2. The van der Waals surface area contributed by atoms with Crippen molar-refractivity contribution in [2.75, 3.05) is 7.11 Å². The molecule has 0 radical (unpaired) electrons. The number of aromatic nitrogens is 2. The highest BCUT2D eigenvalue weighted by molar-refractivity contribution is 5.84. The Balaban J connectivity index is 0.00000196. The Labute approximate surface area is 164 Å². The van der Waals surface area contributed by atoms with E-state index >= 15 is 0 Å². The third-order valence-corrected chi connectivity index (χ3v) is 4.50. The first kappa shape index (κ1) is 18.2. The number of methoxy groups -OCH3 is 1. The number of nitrogens with one attached hydrogen (secondary N) is 1. The van der Waals surface area contributed by atoms with Gasteiger partial charge in [-0.3, -0.25) is 0 Å². The van der Waals surface area contributed by atoms with Crippen molar-refractivity contribution < 1.29 is 26.3 Å². The molecular weight excluding hydrogens is 388 g/mol. The van der Waals surface area contributed by atoms with E-state index in [-0.39, 0.29) is 17.0 Å². The fourth-order valence-electron chi connectivity index (χ4n) is 3.22. The minimum atomic E-state index is 0. The van der Waals surface area contributed by atoms with E-state index in [0.717, 1.165) is 24.2 Å². The van der Waals surface area contributed by atoms with Crippen LogP contribution in [0.5, 0.6) is 5.75 Å². The number of nitrogens with zero attached hydrogens (tertiary/aromatic N) is 1. The summed E-state index contributed by atoms with van der Waals surface area (Å²) >= 11 is 0. The molecule has 4 rings (SSSR count). The van der Waals surface area contributed by atoms with Gasteiger partial charge in [0.15, 0.2) is 18.9 Å². The van der Waals surface area contributed by atoms with Crippen LogP contribution in [-0.4, -0.2) is 12.1 Å². The maximum atomic E-state index is 5.36. The molecule has 2 heterocycles. The predicted molar refractivity (Wildman–Crippen MR) is 99.8 cm³/mol. The van der Waals surface area contributed by atoms with E-state index in [0.29, 0.717) is 0 Å². The second kappa shape index (κ2) is 8.19. The number of hydrogen-bond donors (Lipinski definition) is 1. The van der Waals surface area contributed by atoms with E-state index in [1.807, 2.05) is 6.07 Å². The third-order valence-electron chi connectivity index (χ3n) is 4.50. The SMILES string of the molecule is COc1ccc2[nH]cc(Cc3ccc[n+](Cc4ccccc4)c3)c2c1.[Br-]. The average molecular weight is 409 g/mol. The number of H-pyrrole nitrogens is 1. The van der Waals surface area contributed by atoms with Crippen LogP contribution in [-0.2, 0) is 13.0 Å². The summed E-state index contributed by atoms with van der Waals surface area (Å²) in [6, 6.07) is 21.0. The summed E-state index contributed by atoms with van der Waals surface area (Å²) in [5.41, 5.74) is 5.03. The number of pyridine rings is 1. The quantitative estimate of drug-likeness (QED) is 0.492. The number of hydrogen-bond acceptors (Lipinski definition) is 1. The molecule has 4 heteroatoms. The lowest BCUT2D eigenvalue weighted by molar-refractivity contribution is -0.688. The van der Waals surface area contributed by atoms with Gasteiger partial charge in [-0.15, -0.1) is 0 Å². The van der Waals surface area contributed by atoms with Crippen LogP contribution in [0.3, 0.4) is 0 Å². The van der Waals surface area contributed by atoms with E-state index in [9.17, 15) is 0 Å². The second-order valence-electron chi connectivity index (χ2n) is 6.27. The van der Waals surface area contributed by atoms with Crippen LogP contribution in [0.15, 0.2) is 79.3 Å². The average Bonchev–Trinajstić information content (AvgIpc) is 3.05. The molecule has 0 unspecified atom stereocenters. The van der Waals surface area contributed by atoms with Crippen LogP contribution >= 0.6 is 0 Å². The van der Waals surface area contributed by atoms with Crippen molar-refractivity contribution in [1.29, 1.82) is 0 Å². The molecule has 2 aromatic heterocycles. The highest BCUT2D eigenvalue weighted by Gasteiger charge is 2.09. The molecule has 2 aromatic carbocycles. The van der Waals surface area contributed by atoms with Crippen molar-refractivity contribution in [3.8, 4) is 5.75 Å². The Morgan fingerprint density at radius 2 is 1.77 bits per heavy atom. The summed E-state index contributed by atoms with van der Waals surface area (Å²) in [4.78, 5) is 3.35. The molecule has 0 aliphatic carbocycles. The van der Waals surface area contributed by atoms with E-state index in [4.69, 9.17) is 4.74 Å². The van der Waals surface area contributed by atoms with Gasteiger partial charge in [0.1, 0.15) is 5.75 Å². The van der Waals surface area contributed by atoms with Gasteiger partial charge >= 0.3 is 0 Å². The van der Waals surface area contributed by atoms with Gasteiger partial charge in [-0.1, -0.05) is 30.3 Å². The topological polar surface area (TPSA) is 28.9 Å². The zero-order chi connectivity index (χ0) is 17.1. The first-order valence-corrected chi connectivity index (χ1v) is 8.48. The maximum Gasteiger partial charge on any atom is 0.173 e. The Morgan fingerprint density at radius 3 is 2.58 bits per heavy atom. The van der Waals surface area contributed by atoms with Crippen LogP contribution in [0.4, 0.5) is 0 Å². The molecule has 0 spiro atoms. The van der Waals surface area contributed by atoms with E-state index in [1.54, 1.807) is 7.11 Å². The van der Waals surface area contributed by atoms with Gasteiger partial charge in [0, 0.05) is 40.7 Å². The normalized spacial score (nSPS) is 10.5. The van der Waals surface area contributed by atoms with Crippen molar-refractivity contribution in [2.45, 2.75) is 13.0 Å². The molecule has 0 saturated carbocycles. The minimum Gasteiger partial charge on any atom is -1.00 e. The van der Waals surface area contributed by atoms with E-state index in [1.165, 1.54) is 22.1 Å². The molecule has 3 nitrogen and oxygen atoms in total. The molecule has 0 bridgehead atoms. The number of rotatable bonds is 5. The monoisotopic (exact) mass is 408 g/mol. The lowest BCUT2D eigenvalue weighted by Gasteiger charge is -2.03. The summed E-state index contributed by atoms with van der Waals surface area (Å²) in [6.45, 7) is 0.885. The van der Waals surface area contributed by atoms with E-state index < -0.39 is 0 Å². The van der Waals surface area contributed by atoms with Crippen molar-refractivity contribution in [3.63, 3.8) is 0 Å². The molecular formula is C22H21BrN2O. The Hall–Kier alpha value is -2.59. The molecule has 0 aliphatic rings. The minimum absolute atomic E-state index is 0. The van der Waals surface area contributed by atoms with Crippen LogP contribution in [0.2, 0.25) is 0 Å². The Kier molecular flexibility index (Phi) is 5.74. The van der Waals surface area contributed by atoms with Gasteiger partial charge in [-0.2, -0.15) is 0 Å². The Bertz CT molecular complexity index is 995. The summed E-state index contributed by atoms with van der Waals surface area (Å²) in [5.74, 6) is 0.889. The summed E-state index contributed by atoms with van der Waals surface area (Å²) < 4.78 is 7.60. The van der Waals surface area contributed by atoms with Crippen molar-refractivity contribution in [1.82, 2.24) is 4.98 Å².